The Labute approximate surface area is 200 Å². The Hall–Kier alpha value is -3.27. The van der Waals surface area contributed by atoms with Crippen molar-refractivity contribution in [1.29, 1.82) is 5.26 Å². The highest BCUT2D eigenvalue weighted by Crippen LogP contribution is 2.35. The molecule has 0 aliphatic heterocycles. The largest absolute Gasteiger partial charge is 0.497 e. The molecule has 0 aromatic heterocycles. The van der Waals surface area contributed by atoms with Crippen LogP contribution in [0.25, 0.3) is 6.08 Å². The van der Waals surface area contributed by atoms with Crippen molar-refractivity contribution in [2.45, 2.75) is 13.2 Å². The summed E-state index contributed by atoms with van der Waals surface area (Å²) in [7, 11) is 1.59. The molecule has 0 bridgehead atoms. The van der Waals surface area contributed by atoms with Gasteiger partial charge in [0.2, 0.25) is 0 Å². The average Bonchev–Trinajstić information content (AvgIpc) is 2.81. The van der Waals surface area contributed by atoms with Crippen LogP contribution in [0.15, 0.2) is 76.8 Å². The molecule has 3 aromatic carbocycles. The summed E-state index contributed by atoms with van der Waals surface area (Å²) in [6.07, 6.45) is 1.49. The minimum atomic E-state index is -0.472. The van der Waals surface area contributed by atoms with Crippen LogP contribution < -0.4 is 14.8 Å². The van der Waals surface area contributed by atoms with Crippen LogP contribution in [0.2, 0.25) is 5.02 Å². The van der Waals surface area contributed by atoms with E-state index in [9.17, 15) is 10.1 Å². The SMILES string of the molecule is COc1ccc(CNC(=O)/C(C#N)=C\c2cc(Cl)c(OCc3ccccc3)c(Br)c2)cc1. The maximum Gasteiger partial charge on any atom is 0.262 e. The molecule has 32 heavy (non-hydrogen) atoms. The van der Waals surface area contributed by atoms with Gasteiger partial charge in [-0.05, 0) is 63.0 Å². The van der Waals surface area contributed by atoms with Crippen LogP contribution in [0.1, 0.15) is 16.7 Å². The fourth-order valence-electron chi connectivity index (χ4n) is 2.87. The zero-order valence-electron chi connectivity index (χ0n) is 17.3. The highest BCUT2D eigenvalue weighted by molar-refractivity contribution is 9.10. The van der Waals surface area contributed by atoms with Gasteiger partial charge in [-0.25, -0.2) is 0 Å². The van der Waals surface area contributed by atoms with E-state index >= 15 is 0 Å². The van der Waals surface area contributed by atoms with Crippen molar-refractivity contribution in [2.24, 2.45) is 0 Å². The van der Waals surface area contributed by atoms with Crippen LogP contribution in [-0.4, -0.2) is 13.0 Å². The zero-order valence-corrected chi connectivity index (χ0v) is 19.6. The van der Waals surface area contributed by atoms with Crippen LogP contribution in [0.5, 0.6) is 11.5 Å². The lowest BCUT2D eigenvalue weighted by atomic mass is 10.1. The van der Waals surface area contributed by atoms with Gasteiger partial charge in [-0.1, -0.05) is 54.1 Å². The van der Waals surface area contributed by atoms with Crippen LogP contribution in [0.3, 0.4) is 0 Å². The van der Waals surface area contributed by atoms with E-state index in [1.165, 1.54) is 6.08 Å². The van der Waals surface area contributed by atoms with Crippen molar-refractivity contribution in [1.82, 2.24) is 5.32 Å². The molecule has 7 heteroatoms. The quantitative estimate of drug-likeness (QED) is 0.301. The number of hydrogen-bond donors (Lipinski definition) is 1. The lowest BCUT2D eigenvalue weighted by Crippen LogP contribution is -2.23. The Morgan fingerprint density at radius 1 is 1.12 bits per heavy atom. The standard InChI is InChI=1S/C25H20BrClN2O3/c1-31-21-9-7-17(8-10-21)15-29-25(30)20(14-28)11-19-12-22(26)24(23(27)13-19)32-16-18-5-3-2-4-6-18/h2-13H,15-16H2,1H3,(H,29,30)/b20-11-. The van der Waals surface area contributed by atoms with E-state index in [4.69, 9.17) is 21.1 Å². The van der Waals surface area contributed by atoms with Crippen molar-refractivity contribution >= 4 is 39.5 Å². The fourth-order valence-corrected chi connectivity index (χ4v) is 3.86. The second kappa shape index (κ2) is 11.4. The van der Waals surface area contributed by atoms with E-state index in [-0.39, 0.29) is 5.57 Å². The number of methoxy groups -OCH3 is 1. The summed E-state index contributed by atoms with van der Waals surface area (Å²) in [4.78, 5) is 12.5. The van der Waals surface area contributed by atoms with Gasteiger partial charge in [0.05, 0.1) is 16.6 Å². The molecule has 0 radical (unpaired) electrons. The molecular weight excluding hydrogens is 492 g/mol. The number of benzene rings is 3. The highest BCUT2D eigenvalue weighted by Gasteiger charge is 2.13. The summed E-state index contributed by atoms with van der Waals surface area (Å²) < 4.78 is 11.6. The molecule has 0 unspecified atom stereocenters. The molecule has 162 valence electrons. The predicted octanol–water partition coefficient (Wildman–Crippen LogP) is 5.91. The van der Waals surface area contributed by atoms with Crippen molar-refractivity contribution in [3.63, 3.8) is 0 Å². The van der Waals surface area contributed by atoms with Crippen molar-refractivity contribution in [3.8, 4) is 17.6 Å². The molecule has 0 heterocycles. The Bertz CT molecular complexity index is 1130. The first-order chi connectivity index (χ1) is 15.5. The number of hydrogen-bond acceptors (Lipinski definition) is 4. The first kappa shape index (κ1) is 23.4. The van der Waals surface area contributed by atoms with E-state index in [2.05, 4.69) is 21.2 Å². The molecule has 0 aliphatic rings. The van der Waals surface area contributed by atoms with Crippen molar-refractivity contribution in [2.75, 3.05) is 7.11 Å². The smallest absolute Gasteiger partial charge is 0.262 e. The van der Waals surface area contributed by atoms with Gasteiger partial charge in [-0.15, -0.1) is 0 Å². The molecular formula is C25H20BrClN2O3. The fraction of sp³-hybridized carbons (Fsp3) is 0.120. The second-order valence-corrected chi connectivity index (χ2v) is 8.05. The van der Waals surface area contributed by atoms with Crippen LogP contribution in [0, 0.1) is 11.3 Å². The van der Waals surface area contributed by atoms with Gasteiger partial charge < -0.3 is 14.8 Å². The van der Waals surface area contributed by atoms with E-state index in [0.717, 1.165) is 16.9 Å². The molecule has 5 nitrogen and oxygen atoms in total. The first-order valence-electron chi connectivity index (χ1n) is 9.69. The number of halogens is 2. The van der Waals surface area contributed by atoms with Crippen LogP contribution in [-0.2, 0) is 17.9 Å². The van der Waals surface area contributed by atoms with Gasteiger partial charge in [0.15, 0.2) is 5.75 Å². The predicted molar refractivity (Wildman–Crippen MR) is 128 cm³/mol. The molecule has 3 rings (SSSR count). The van der Waals surface area contributed by atoms with Crippen LogP contribution >= 0.6 is 27.5 Å². The summed E-state index contributed by atoms with van der Waals surface area (Å²) in [5, 5.41) is 12.6. The maximum atomic E-state index is 12.5. The summed E-state index contributed by atoms with van der Waals surface area (Å²) in [6, 6.07) is 22.4. The second-order valence-electron chi connectivity index (χ2n) is 6.79. The van der Waals surface area contributed by atoms with E-state index in [0.29, 0.717) is 34.0 Å². The molecule has 1 amide bonds. The lowest BCUT2D eigenvalue weighted by molar-refractivity contribution is -0.117. The number of ether oxygens (including phenoxy) is 2. The summed E-state index contributed by atoms with van der Waals surface area (Å²) in [5.41, 5.74) is 2.48. The average molecular weight is 512 g/mol. The van der Waals surface area contributed by atoms with E-state index < -0.39 is 5.91 Å². The molecule has 0 fully saturated rings. The first-order valence-corrected chi connectivity index (χ1v) is 10.9. The minimum absolute atomic E-state index is 0.0283. The highest BCUT2D eigenvalue weighted by atomic mass is 79.9. The number of rotatable bonds is 8. The number of amides is 1. The summed E-state index contributed by atoms with van der Waals surface area (Å²) in [5.74, 6) is 0.756. The third-order valence-electron chi connectivity index (χ3n) is 4.53. The Morgan fingerprint density at radius 2 is 1.84 bits per heavy atom. The van der Waals surface area contributed by atoms with Crippen LogP contribution in [0.4, 0.5) is 0 Å². The Balaban J connectivity index is 1.68. The molecule has 0 saturated carbocycles. The Morgan fingerprint density at radius 3 is 2.47 bits per heavy atom. The number of carbonyl (C=O) groups is 1. The Kier molecular flexibility index (Phi) is 8.32. The molecule has 0 aliphatic carbocycles. The maximum absolute atomic E-state index is 12.5. The third kappa shape index (κ3) is 6.36. The topological polar surface area (TPSA) is 71.3 Å². The number of nitrogens with one attached hydrogen (secondary N) is 1. The molecule has 0 saturated heterocycles. The van der Waals surface area contributed by atoms with Gasteiger partial charge in [0, 0.05) is 6.54 Å². The number of nitriles is 1. The number of carbonyl (C=O) groups excluding carboxylic acids is 1. The molecule has 1 N–H and O–H groups in total. The van der Waals surface area contributed by atoms with Gasteiger partial charge in [-0.3, -0.25) is 4.79 Å². The lowest BCUT2D eigenvalue weighted by Gasteiger charge is -2.11. The molecule has 3 aromatic rings. The summed E-state index contributed by atoms with van der Waals surface area (Å²) >= 11 is 9.86. The third-order valence-corrected chi connectivity index (χ3v) is 5.40. The minimum Gasteiger partial charge on any atom is -0.497 e. The van der Waals surface area contributed by atoms with Gasteiger partial charge >= 0.3 is 0 Å². The zero-order chi connectivity index (χ0) is 22.9. The van der Waals surface area contributed by atoms with Gasteiger partial charge in [-0.2, -0.15) is 5.26 Å². The molecule has 0 atom stereocenters. The molecule has 0 spiro atoms. The van der Waals surface area contributed by atoms with Crippen molar-refractivity contribution in [3.05, 3.63) is 98.5 Å². The van der Waals surface area contributed by atoms with E-state index in [1.807, 2.05) is 60.7 Å². The normalized spacial score (nSPS) is 10.9. The van der Waals surface area contributed by atoms with E-state index in [1.54, 1.807) is 19.2 Å². The van der Waals surface area contributed by atoms with Crippen molar-refractivity contribution < 1.29 is 14.3 Å². The monoisotopic (exact) mass is 510 g/mol. The van der Waals surface area contributed by atoms with Gasteiger partial charge in [0.25, 0.3) is 5.91 Å². The van der Waals surface area contributed by atoms with Gasteiger partial charge in [0.1, 0.15) is 24.0 Å². The summed E-state index contributed by atoms with van der Waals surface area (Å²) in [6.45, 7) is 0.657. The number of nitrogens with zero attached hydrogens (tertiary/aromatic N) is 1.